The van der Waals surface area contributed by atoms with E-state index >= 15 is 0 Å². The zero-order chi connectivity index (χ0) is 14.0. The van der Waals surface area contributed by atoms with Crippen molar-refractivity contribution in [2.75, 3.05) is 31.9 Å². The number of phenols is 1. The number of hydrogen-bond acceptors (Lipinski definition) is 4. The molecule has 0 amide bonds. The molecule has 0 spiro atoms. The van der Waals surface area contributed by atoms with Gasteiger partial charge in [0.15, 0.2) is 0 Å². The quantitative estimate of drug-likeness (QED) is 0.575. The fourth-order valence-corrected chi connectivity index (χ4v) is 2.29. The molecule has 1 aliphatic heterocycles. The topological polar surface area (TPSA) is 61.5 Å². The lowest BCUT2D eigenvalue weighted by Gasteiger charge is -2.35. The smallest absolute Gasteiger partial charge is 0.258 e. The van der Waals surface area contributed by atoms with Crippen LogP contribution in [0.1, 0.15) is 11.6 Å². The van der Waals surface area contributed by atoms with E-state index in [2.05, 4.69) is 5.32 Å². The molecule has 0 saturated carbocycles. The van der Waals surface area contributed by atoms with Gasteiger partial charge in [0.05, 0.1) is 0 Å². The van der Waals surface area contributed by atoms with Crippen molar-refractivity contribution in [3.8, 4) is 5.75 Å². The predicted octanol–water partition coefficient (Wildman–Crippen LogP) is 1.32. The van der Waals surface area contributed by atoms with Crippen LogP contribution < -0.4 is 11.1 Å². The molecule has 1 fully saturated rings. The predicted molar refractivity (Wildman–Crippen MR) is 65.7 cm³/mol. The molecule has 2 rings (SSSR count). The van der Waals surface area contributed by atoms with Crippen LogP contribution in [0.2, 0.25) is 0 Å². The van der Waals surface area contributed by atoms with Crippen LogP contribution in [-0.2, 0) is 0 Å². The van der Waals surface area contributed by atoms with E-state index in [1.165, 1.54) is 6.07 Å². The van der Waals surface area contributed by atoms with E-state index in [-0.39, 0.29) is 5.56 Å². The number of nitrogen functional groups attached to an aromatic ring is 1. The van der Waals surface area contributed by atoms with Crippen LogP contribution in [0.5, 0.6) is 5.75 Å². The van der Waals surface area contributed by atoms with Gasteiger partial charge in [-0.2, -0.15) is 0 Å². The van der Waals surface area contributed by atoms with Gasteiger partial charge < -0.3 is 16.2 Å². The second kappa shape index (κ2) is 5.66. The number of hydrogen-bond donors (Lipinski definition) is 3. The van der Waals surface area contributed by atoms with Crippen molar-refractivity contribution in [1.82, 2.24) is 10.2 Å². The second-order valence-corrected chi connectivity index (χ2v) is 4.46. The highest BCUT2D eigenvalue weighted by atomic mass is 19.3. The molecule has 0 aromatic heterocycles. The van der Waals surface area contributed by atoms with Gasteiger partial charge in [0, 0.05) is 31.7 Å². The van der Waals surface area contributed by atoms with Gasteiger partial charge in [0.25, 0.3) is 6.43 Å². The van der Waals surface area contributed by atoms with Crippen molar-refractivity contribution in [2.45, 2.75) is 12.5 Å². The highest BCUT2D eigenvalue weighted by molar-refractivity contribution is 5.57. The van der Waals surface area contributed by atoms with Crippen molar-refractivity contribution in [3.63, 3.8) is 0 Å². The summed E-state index contributed by atoms with van der Waals surface area (Å²) in [5.41, 5.74) is 4.83. The molecule has 1 saturated heterocycles. The minimum Gasteiger partial charge on any atom is -0.505 e. The number of piperazine rings is 1. The van der Waals surface area contributed by atoms with Gasteiger partial charge >= 0.3 is 0 Å². The van der Waals surface area contributed by atoms with Crippen LogP contribution in [0.3, 0.4) is 0 Å². The summed E-state index contributed by atoms with van der Waals surface area (Å²) in [4.78, 5) is 1.56. The number of aromatic hydroxyl groups is 1. The van der Waals surface area contributed by atoms with Gasteiger partial charge in [-0.05, 0) is 6.07 Å². The fourth-order valence-electron chi connectivity index (χ4n) is 2.29. The first-order chi connectivity index (χ1) is 9.02. The van der Waals surface area contributed by atoms with E-state index < -0.39 is 29.7 Å². The molecule has 1 heterocycles. The Labute approximate surface area is 109 Å². The van der Waals surface area contributed by atoms with E-state index in [4.69, 9.17) is 5.73 Å². The minimum atomic E-state index is -2.69. The summed E-state index contributed by atoms with van der Waals surface area (Å²) in [7, 11) is 0. The summed E-state index contributed by atoms with van der Waals surface area (Å²) >= 11 is 0. The van der Waals surface area contributed by atoms with Crippen molar-refractivity contribution in [3.05, 3.63) is 23.5 Å². The average molecular weight is 275 g/mol. The normalized spacial score (nSPS) is 18.7. The van der Waals surface area contributed by atoms with E-state index in [9.17, 15) is 18.3 Å². The SMILES string of the molecule is Nc1c(F)ccc([C@H](C(F)F)N2CCNCC2)c1O. The third-order valence-electron chi connectivity index (χ3n) is 3.30. The Morgan fingerprint density at radius 2 is 1.89 bits per heavy atom. The lowest BCUT2D eigenvalue weighted by molar-refractivity contribution is 0.0170. The monoisotopic (exact) mass is 275 g/mol. The lowest BCUT2D eigenvalue weighted by Crippen LogP contribution is -2.46. The second-order valence-electron chi connectivity index (χ2n) is 4.46. The molecule has 1 atom stereocenters. The number of nitrogens with two attached hydrogens (primary N) is 1. The molecule has 0 aliphatic carbocycles. The number of phenolic OH excluding ortho intramolecular Hbond substituents is 1. The summed E-state index contributed by atoms with van der Waals surface area (Å²) in [6, 6.07) is 0.895. The molecule has 0 radical (unpaired) electrons. The Hall–Kier alpha value is -1.47. The lowest BCUT2D eigenvalue weighted by atomic mass is 10.0. The van der Waals surface area contributed by atoms with Crippen LogP contribution in [0.4, 0.5) is 18.9 Å². The molecule has 4 nitrogen and oxygen atoms in total. The van der Waals surface area contributed by atoms with Crippen molar-refractivity contribution in [1.29, 1.82) is 0 Å². The molecule has 106 valence electrons. The largest absolute Gasteiger partial charge is 0.505 e. The maximum Gasteiger partial charge on any atom is 0.258 e. The maximum absolute atomic E-state index is 13.3. The Morgan fingerprint density at radius 1 is 1.26 bits per heavy atom. The van der Waals surface area contributed by atoms with Crippen LogP contribution >= 0.6 is 0 Å². The highest BCUT2D eigenvalue weighted by Gasteiger charge is 2.32. The zero-order valence-electron chi connectivity index (χ0n) is 10.2. The summed E-state index contributed by atoms with van der Waals surface area (Å²) in [5.74, 6) is -1.40. The molecular formula is C12H16F3N3O. The van der Waals surface area contributed by atoms with Gasteiger partial charge in [-0.25, -0.2) is 13.2 Å². The van der Waals surface area contributed by atoms with E-state index in [0.717, 1.165) is 6.07 Å². The third kappa shape index (κ3) is 2.76. The summed E-state index contributed by atoms with van der Waals surface area (Å²) < 4.78 is 39.7. The molecule has 19 heavy (non-hydrogen) atoms. The van der Waals surface area contributed by atoms with Crippen molar-refractivity contribution >= 4 is 5.69 Å². The standard InChI is InChI=1S/C12H16F3N3O/c13-8-2-1-7(11(19)9(8)16)10(12(14)15)18-5-3-17-4-6-18/h1-2,10,12,17,19H,3-6,16H2/t10-/m1/s1. The van der Waals surface area contributed by atoms with Gasteiger partial charge in [-0.3, -0.25) is 4.90 Å². The van der Waals surface area contributed by atoms with Crippen molar-refractivity contribution in [2.24, 2.45) is 0 Å². The van der Waals surface area contributed by atoms with E-state index in [0.29, 0.717) is 26.2 Å². The van der Waals surface area contributed by atoms with Gasteiger partial charge in [-0.1, -0.05) is 6.07 Å². The fraction of sp³-hybridized carbons (Fsp3) is 0.500. The third-order valence-corrected chi connectivity index (χ3v) is 3.30. The number of rotatable bonds is 3. The Kier molecular flexibility index (Phi) is 4.16. The van der Waals surface area contributed by atoms with Crippen LogP contribution in [0.15, 0.2) is 12.1 Å². The van der Waals surface area contributed by atoms with Gasteiger partial charge in [-0.15, -0.1) is 0 Å². The summed E-state index contributed by atoms with van der Waals surface area (Å²) in [6.07, 6.45) is -2.69. The minimum absolute atomic E-state index is 0.0317. The molecule has 1 aromatic rings. The first-order valence-corrected chi connectivity index (χ1v) is 6.02. The van der Waals surface area contributed by atoms with Crippen LogP contribution in [0, 0.1) is 5.82 Å². The molecular weight excluding hydrogens is 259 g/mol. The van der Waals surface area contributed by atoms with Gasteiger partial charge in [0.2, 0.25) is 0 Å². The molecule has 0 bridgehead atoms. The van der Waals surface area contributed by atoms with Crippen LogP contribution in [0.25, 0.3) is 0 Å². The number of nitrogens with one attached hydrogen (secondary N) is 1. The summed E-state index contributed by atoms with van der Waals surface area (Å²) in [6.45, 7) is 2.07. The Bertz CT molecular complexity index is 450. The Balaban J connectivity index is 2.36. The number of alkyl halides is 2. The van der Waals surface area contributed by atoms with Gasteiger partial charge in [0.1, 0.15) is 23.3 Å². The highest BCUT2D eigenvalue weighted by Crippen LogP contribution is 2.37. The first kappa shape index (κ1) is 14.0. The number of nitrogens with zero attached hydrogens (tertiary/aromatic N) is 1. The first-order valence-electron chi connectivity index (χ1n) is 6.02. The number of anilines is 1. The molecule has 1 aliphatic rings. The average Bonchev–Trinajstić information content (AvgIpc) is 2.40. The van der Waals surface area contributed by atoms with E-state index in [1.54, 1.807) is 4.90 Å². The summed E-state index contributed by atoms with van der Waals surface area (Å²) in [5, 5.41) is 12.8. The maximum atomic E-state index is 13.3. The van der Waals surface area contributed by atoms with E-state index in [1.807, 2.05) is 0 Å². The molecule has 1 aromatic carbocycles. The molecule has 4 N–H and O–H groups in total. The van der Waals surface area contributed by atoms with Crippen molar-refractivity contribution < 1.29 is 18.3 Å². The number of halogens is 3. The molecule has 0 unspecified atom stereocenters. The van der Waals surface area contributed by atoms with Crippen LogP contribution in [-0.4, -0.2) is 42.6 Å². The Morgan fingerprint density at radius 3 is 2.47 bits per heavy atom. The number of benzene rings is 1. The molecule has 7 heteroatoms. The zero-order valence-corrected chi connectivity index (χ0v) is 10.2.